The maximum absolute atomic E-state index is 11.0. The van der Waals surface area contributed by atoms with E-state index in [1.54, 1.807) is 0 Å². The van der Waals surface area contributed by atoms with Gasteiger partial charge in [-0.15, -0.1) is 0 Å². The molecule has 0 radical (unpaired) electrons. The van der Waals surface area contributed by atoms with E-state index < -0.39 is 18.2 Å². The SMILES string of the molecule is C=CC(=O)OCC(OCCCC)OC(=O)C=C.OCCO. The summed E-state index contributed by atoms with van der Waals surface area (Å²) in [5, 5.41) is 15.2. The minimum absolute atomic E-state index is 0.125. The molecule has 0 aromatic heterocycles. The first kappa shape index (κ1) is 21.6. The van der Waals surface area contributed by atoms with Gasteiger partial charge in [0.1, 0.15) is 0 Å². The number of esters is 2. The van der Waals surface area contributed by atoms with Crippen LogP contribution in [0.15, 0.2) is 25.3 Å². The molecule has 0 aromatic carbocycles. The van der Waals surface area contributed by atoms with Crippen molar-refractivity contribution in [3.63, 3.8) is 0 Å². The summed E-state index contributed by atoms with van der Waals surface area (Å²) < 4.78 is 14.8. The molecule has 0 saturated heterocycles. The topological polar surface area (TPSA) is 102 Å². The lowest BCUT2D eigenvalue weighted by Gasteiger charge is -2.17. The molecular formula is C14H24O7. The summed E-state index contributed by atoms with van der Waals surface area (Å²) in [7, 11) is 0. The first-order valence-electron chi connectivity index (χ1n) is 6.51. The van der Waals surface area contributed by atoms with Crippen molar-refractivity contribution in [3.8, 4) is 0 Å². The van der Waals surface area contributed by atoms with Crippen molar-refractivity contribution in [2.45, 2.75) is 26.1 Å². The van der Waals surface area contributed by atoms with Crippen molar-refractivity contribution in [3.05, 3.63) is 25.3 Å². The molecule has 0 amide bonds. The summed E-state index contributed by atoms with van der Waals surface area (Å²) in [5.41, 5.74) is 0. The fourth-order valence-corrected chi connectivity index (χ4v) is 0.862. The molecule has 21 heavy (non-hydrogen) atoms. The number of unbranched alkanes of at least 4 members (excludes halogenated alkanes) is 1. The molecule has 0 spiro atoms. The summed E-state index contributed by atoms with van der Waals surface area (Å²) in [6, 6.07) is 0. The fourth-order valence-electron chi connectivity index (χ4n) is 0.862. The van der Waals surface area contributed by atoms with Gasteiger partial charge in [0.2, 0.25) is 6.29 Å². The van der Waals surface area contributed by atoms with Crippen LogP contribution in [0, 0.1) is 0 Å². The standard InChI is InChI=1S/C12H18O5.C2H6O2/c1-4-7-8-15-12(17-11(14)6-3)9-16-10(13)5-2;3-1-2-4/h5-6,12H,2-4,7-9H2,1H3;3-4H,1-2H2. The van der Waals surface area contributed by atoms with E-state index in [2.05, 4.69) is 13.2 Å². The van der Waals surface area contributed by atoms with Crippen LogP contribution in [0.2, 0.25) is 0 Å². The Morgan fingerprint density at radius 3 is 2.14 bits per heavy atom. The van der Waals surface area contributed by atoms with E-state index >= 15 is 0 Å². The van der Waals surface area contributed by atoms with Crippen LogP contribution in [0.25, 0.3) is 0 Å². The number of hydrogen-bond donors (Lipinski definition) is 2. The molecule has 122 valence electrons. The zero-order chi connectivity index (χ0) is 16.5. The van der Waals surface area contributed by atoms with Gasteiger partial charge in [0.05, 0.1) is 19.8 Å². The van der Waals surface area contributed by atoms with Crippen LogP contribution in [0.4, 0.5) is 0 Å². The van der Waals surface area contributed by atoms with Crippen LogP contribution in [0.1, 0.15) is 19.8 Å². The van der Waals surface area contributed by atoms with E-state index in [1.807, 2.05) is 6.92 Å². The molecule has 7 heteroatoms. The van der Waals surface area contributed by atoms with Gasteiger partial charge in [-0.3, -0.25) is 0 Å². The van der Waals surface area contributed by atoms with Gasteiger partial charge in [-0.05, 0) is 6.42 Å². The zero-order valence-corrected chi connectivity index (χ0v) is 12.3. The minimum Gasteiger partial charge on any atom is -0.456 e. The van der Waals surface area contributed by atoms with Gasteiger partial charge < -0.3 is 24.4 Å². The fraction of sp³-hybridized carbons (Fsp3) is 0.571. The average Bonchev–Trinajstić information content (AvgIpc) is 2.52. The minimum atomic E-state index is -0.907. The highest BCUT2D eigenvalue weighted by atomic mass is 16.7. The number of carbonyl (C=O) groups is 2. The Morgan fingerprint density at radius 1 is 1.14 bits per heavy atom. The lowest BCUT2D eigenvalue weighted by molar-refractivity contribution is -0.188. The van der Waals surface area contributed by atoms with Crippen molar-refractivity contribution >= 4 is 11.9 Å². The van der Waals surface area contributed by atoms with Crippen molar-refractivity contribution < 1.29 is 34.0 Å². The second-order valence-corrected chi connectivity index (χ2v) is 3.58. The molecule has 0 aliphatic carbocycles. The molecule has 1 unspecified atom stereocenters. The maximum atomic E-state index is 11.0. The van der Waals surface area contributed by atoms with E-state index in [4.69, 9.17) is 24.4 Å². The highest BCUT2D eigenvalue weighted by molar-refractivity contribution is 5.82. The van der Waals surface area contributed by atoms with E-state index in [0.29, 0.717) is 6.61 Å². The molecular weight excluding hydrogens is 280 g/mol. The number of carbonyl (C=O) groups excluding carboxylic acids is 2. The second kappa shape index (κ2) is 16.4. The van der Waals surface area contributed by atoms with Crippen molar-refractivity contribution in [1.82, 2.24) is 0 Å². The predicted octanol–water partition coefficient (Wildman–Crippen LogP) is 0.559. The molecule has 0 fully saturated rings. The third-order valence-electron chi connectivity index (χ3n) is 1.84. The molecule has 0 saturated carbocycles. The molecule has 0 heterocycles. The van der Waals surface area contributed by atoms with Crippen LogP contribution in [-0.4, -0.2) is 54.9 Å². The van der Waals surface area contributed by atoms with Crippen LogP contribution in [0.3, 0.4) is 0 Å². The summed E-state index contributed by atoms with van der Waals surface area (Å²) in [5.74, 6) is -1.22. The molecule has 0 rings (SSSR count). The molecule has 0 bridgehead atoms. The number of aliphatic hydroxyl groups is 2. The van der Waals surface area contributed by atoms with Gasteiger partial charge in [0.15, 0.2) is 6.61 Å². The Bertz CT molecular complexity index is 300. The molecule has 0 aliphatic rings. The van der Waals surface area contributed by atoms with Crippen LogP contribution in [0.5, 0.6) is 0 Å². The summed E-state index contributed by atoms with van der Waals surface area (Å²) in [6.45, 7) is 8.54. The highest BCUT2D eigenvalue weighted by Gasteiger charge is 2.14. The normalized spacial score (nSPS) is 10.6. The van der Waals surface area contributed by atoms with Gasteiger partial charge in [0.25, 0.3) is 0 Å². The van der Waals surface area contributed by atoms with E-state index in [-0.39, 0.29) is 19.8 Å². The maximum Gasteiger partial charge on any atom is 0.332 e. The van der Waals surface area contributed by atoms with Crippen LogP contribution >= 0.6 is 0 Å². The van der Waals surface area contributed by atoms with Crippen LogP contribution < -0.4 is 0 Å². The summed E-state index contributed by atoms with van der Waals surface area (Å²) in [4.78, 5) is 21.8. The average molecular weight is 304 g/mol. The third-order valence-corrected chi connectivity index (χ3v) is 1.84. The van der Waals surface area contributed by atoms with Crippen LogP contribution in [-0.2, 0) is 23.8 Å². The second-order valence-electron chi connectivity index (χ2n) is 3.58. The lowest BCUT2D eigenvalue weighted by Crippen LogP contribution is -2.27. The highest BCUT2D eigenvalue weighted by Crippen LogP contribution is 2.01. The van der Waals surface area contributed by atoms with Gasteiger partial charge in [-0.2, -0.15) is 0 Å². The lowest BCUT2D eigenvalue weighted by atomic mass is 10.4. The van der Waals surface area contributed by atoms with E-state index in [0.717, 1.165) is 25.0 Å². The summed E-state index contributed by atoms with van der Waals surface area (Å²) >= 11 is 0. The first-order chi connectivity index (χ1) is 10.0. The Balaban J connectivity index is 0. The first-order valence-corrected chi connectivity index (χ1v) is 6.51. The molecule has 1 atom stereocenters. The van der Waals surface area contributed by atoms with E-state index in [9.17, 15) is 9.59 Å². The monoisotopic (exact) mass is 304 g/mol. The molecule has 2 N–H and O–H groups in total. The Labute approximate surface area is 124 Å². The quantitative estimate of drug-likeness (QED) is 0.263. The predicted molar refractivity (Wildman–Crippen MR) is 76.3 cm³/mol. The smallest absolute Gasteiger partial charge is 0.332 e. The molecule has 0 aromatic rings. The van der Waals surface area contributed by atoms with Crippen molar-refractivity contribution in [2.24, 2.45) is 0 Å². The zero-order valence-electron chi connectivity index (χ0n) is 12.3. The van der Waals surface area contributed by atoms with Gasteiger partial charge >= 0.3 is 11.9 Å². The molecule has 0 aliphatic heterocycles. The number of ether oxygens (including phenoxy) is 3. The Hall–Kier alpha value is -1.70. The van der Waals surface area contributed by atoms with Gasteiger partial charge in [-0.25, -0.2) is 9.59 Å². The van der Waals surface area contributed by atoms with Gasteiger partial charge in [-0.1, -0.05) is 26.5 Å². The largest absolute Gasteiger partial charge is 0.456 e. The number of aliphatic hydroxyl groups excluding tert-OH is 2. The van der Waals surface area contributed by atoms with Crippen molar-refractivity contribution in [1.29, 1.82) is 0 Å². The van der Waals surface area contributed by atoms with Gasteiger partial charge in [0, 0.05) is 12.2 Å². The Kier molecular flexibility index (Phi) is 16.8. The number of rotatable bonds is 10. The van der Waals surface area contributed by atoms with Crippen molar-refractivity contribution in [2.75, 3.05) is 26.4 Å². The summed E-state index contributed by atoms with van der Waals surface area (Å²) in [6.07, 6.45) is 2.92. The number of hydrogen-bond acceptors (Lipinski definition) is 7. The Morgan fingerprint density at radius 2 is 1.71 bits per heavy atom. The third kappa shape index (κ3) is 16.2. The molecule has 7 nitrogen and oxygen atoms in total. The van der Waals surface area contributed by atoms with E-state index in [1.165, 1.54) is 0 Å².